The Labute approximate surface area is 162 Å². The van der Waals surface area contributed by atoms with Gasteiger partial charge in [-0.15, -0.1) is 0 Å². The van der Waals surface area contributed by atoms with Crippen molar-refractivity contribution in [2.24, 2.45) is 5.73 Å². The van der Waals surface area contributed by atoms with Crippen LogP contribution in [-0.4, -0.2) is 26.1 Å². The Morgan fingerprint density at radius 3 is 2.46 bits per heavy atom. The van der Waals surface area contributed by atoms with Gasteiger partial charge in [-0.3, -0.25) is 0 Å². The van der Waals surface area contributed by atoms with Crippen molar-refractivity contribution >= 4 is 32.7 Å². The second-order valence-electron chi connectivity index (χ2n) is 6.17. The normalized spacial score (nSPS) is 12.9. The van der Waals surface area contributed by atoms with Crippen LogP contribution in [0.1, 0.15) is 16.5 Å². The maximum absolute atomic E-state index is 12.6. The Bertz CT molecular complexity index is 1120. The quantitative estimate of drug-likeness (QED) is 0.633. The summed E-state index contributed by atoms with van der Waals surface area (Å²) in [7, 11) is -3.72. The molecule has 0 aliphatic rings. The van der Waals surface area contributed by atoms with Crippen LogP contribution in [0.2, 0.25) is 0 Å². The summed E-state index contributed by atoms with van der Waals surface area (Å²) in [5.74, 6) is -0.695. The average molecular weight is 397 g/mol. The van der Waals surface area contributed by atoms with Gasteiger partial charge in [-0.2, -0.15) is 0 Å². The first-order valence-corrected chi connectivity index (χ1v) is 10.1. The molecule has 0 bridgehead atoms. The highest BCUT2D eigenvalue weighted by molar-refractivity contribution is 7.94. The highest BCUT2D eigenvalue weighted by atomic mass is 32.2. The van der Waals surface area contributed by atoms with Crippen LogP contribution in [0, 0.1) is 0 Å². The Morgan fingerprint density at radius 1 is 1.04 bits per heavy atom. The number of rotatable bonds is 7. The molecule has 7 heteroatoms. The van der Waals surface area contributed by atoms with E-state index in [-0.39, 0.29) is 0 Å². The van der Waals surface area contributed by atoms with Gasteiger partial charge in [-0.25, -0.2) is 13.2 Å². The van der Waals surface area contributed by atoms with Crippen LogP contribution in [0.25, 0.3) is 16.8 Å². The van der Waals surface area contributed by atoms with E-state index in [9.17, 15) is 13.2 Å². The molecule has 3 rings (SSSR count). The Balaban J connectivity index is 1.86. The summed E-state index contributed by atoms with van der Waals surface area (Å²) >= 11 is 0. The van der Waals surface area contributed by atoms with Crippen LogP contribution in [0.5, 0.6) is 5.75 Å². The lowest BCUT2D eigenvalue weighted by Gasteiger charge is -2.12. The monoisotopic (exact) mass is 397 g/mol. The predicted molar refractivity (Wildman–Crippen MR) is 108 cm³/mol. The zero-order valence-electron chi connectivity index (χ0n) is 14.9. The number of fused-ring (bicyclic) bond motifs is 1. The smallest absolute Gasteiger partial charge is 0.341 e. The zero-order valence-corrected chi connectivity index (χ0v) is 15.7. The van der Waals surface area contributed by atoms with Gasteiger partial charge in [0.15, 0.2) is 16.4 Å². The first kappa shape index (κ1) is 19.6. The van der Waals surface area contributed by atoms with Crippen LogP contribution >= 0.6 is 0 Å². The third-order valence-corrected chi connectivity index (χ3v) is 5.63. The fourth-order valence-electron chi connectivity index (χ4n) is 2.67. The minimum Gasteiger partial charge on any atom is -0.482 e. The standard InChI is InChI=1S/C21H19NO5S/c22-21(28(25,26)11-10-15-4-2-1-3-5-15)17-7-6-16-8-9-19(13-18(16)12-17)27-14-20(23)24/h1-13,21H,14,22H2,(H,23,24)/b11-10+. The second-order valence-corrected chi connectivity index (χ2v) is 8.13. The summed E-state index contributed by atoms with van der Waals surface area (Å²) in [6.45, 7) is -0.455. The number of carboxylic acids is 1. The average Bonchev–Trinajstić information content (AvgIpc) is 2.70. The Kier molecular flexibility index (Phi) is 5.77. The number of aliphatic carboxylic acids is 1. The largest absolute Gasteiger partial charge is 0.482 e. The molecule has 0 heterocycles. The van der Waals surface area contributed by atoms with E-state index in [1.165, 1.54) is 6.08 Å². The van der Waals surface area contributed by atoms with Crippen molar-refractivity contribution in [1.82, 2.24) is 0 Å². The molecule has 3 aromatic rings. The lowest BCUT2D eigenvalue weighted by Crippen LogP contribution is -2.19. The van der Waals surface area contributed by atoms with Crippen LogP contribution < -0.4 is 10.5 Å². The van der Waals surface area contributed by atoms with Crippen LogP contribution in [0.3, 0.4) is 0 Å². The molecule has 6 nitrogen and oxygen atoms in total. The van der Waals surface area contributed by atoms with E-state index < -0.39 is 27.8 Å². The van der Waals surface area contributed by atoms with Crippen molar-refractivity contribution in [3.8, 4) is 5.75 Å². The van der Waals surface area contributed by atoms with Crippen LogP contribution in [0.4, 0.5) is 0 Å². The molecule has 0 saturated carbocycles. The molecule has 0 amide bonds. The molecule has 0 aromatic heterocycles. The van der Waals surface area contributed by atoms with Crippen molar-refractivity contribution in [2.75, 3.05) is 6.61 Å². The third kappa shape index (κ3) is 4.76. The number of sulfone groups is 1. The lowest BCUT2D eigenvalue weighted by molar-refractivity contribution is -0.139. The number of hydrogen-bond acceptors (Lipinski definition) is 5. The van der Waals surface area contributed by atoms with Crippen LogP contribution in [0.15, 0.2) is 72.1 Å². The Morgan fingerprint density at radius 2 is 1.75 bits per heavy atom. The fraction of sp³-hybridized carbons (Fsp3) is 0.0952. The molecule has 0 aliphatic heterocycles. The van der Waals surface area contributed by atoms with E-state index in [2.05, 4.69) is 0 Å². The van der Waals surface area contributed by atoms with E-state index in [1.54, 1.807) is 48.5 Å². The molecule has 3 N–H and O–H groups in total. The van der Waals surface area contributed by atoms with Gasteiger partial charge in [0.05, 0.1) is 0 Å². The number of ether oxygens (including phenoxy) is 1. The Hall–Kier alpha value is -3.16. The molecular weight excluding hydrogens is 378 g/mol. The number of nitrogens with two attached hydrogens (primary N) is 1. The van der Waals surface area contributed by atoms with Gasteiger partial charge in [-0.05, 0) is 46.2 Å². The van der Waals surface area contributed by atoms with Crippen molar-refractivity contribution < 1.29 is 23.1 Å². The molecule has 0 fully saturated rings. The first-order valence-electron chi connectivity index (χ1n) is 8.46. The van der Waals surface area contributed by atoms with Gasteiger partial charge in [0.1, 0.15) is 11.1 Å². The number of benzene rings is 3. The molecule has 0 aliphatic carbocycles. The molecule has 0 saturated heterocycles. The minimum absolute atomic E-state index is 0.382. The third-order valence-electron chi connectivity index (χ3n) is 4.13. The van der Waals surface area contributed by atoms with E-state index in [0.29, 0.717) is 16.7 Å². The predicted octanol–water partition coefficient (Wildman–Crippen LogP) is 3.35. The SMILES string of the molecule is NC(c1ccc2ccc(OCC(=O)O)cc2c1)S(=O)(=O)/C=C/c1ccccc1. The molecule has 0 radical (unpaired) electrons. The van der Waals surface area contributed by atoms with Gasteiger partial charge in [0, 0.05) is 5.41 Å². The van der Waals surface area contributed by atoms with Crippen molar-refractivity contribution in [1.29, 1.82) is 0 Å². The molecule has 144 valence electrons. The molecule has 1 atom stereocenters. The molecular formula is C21H19NO5S. The van der Waals surface area contributed by atoms with Gasteiger partial charge in [0.2, 0.25) is 0 Å². The molecule has 28 heavy (non-hydrogen) atoms. The van der Waals surface area contributed by atoms with Gasteiger partial charge in [0.25, 0.3) is 0 Å². The second kappa shape index (κ2) is 8.24. The molecule has 3 aromatic carbocycles. The summed E-state index contributed by atoms with van der Waals surface area (Å²) in [4.78, 5) is 10.6. The van der Waals surface area contributed by atoms with Crippen molar-refractivity contribution in [2.45, 2.75) is 5.37 Å². The summed E-state index contributed by atoms with van der Waals surface area (Å²) in [5, 5.41) is 10.2. The summed E-state index contributed by atoms with van der Waals surface area (Å²) in [6, 6.07) is 19.3. The highest BCUT2D eigenvalue weighted by Crippen LogP contribution is 2.26. The van der Waals surface area contributed by atoms with Crippen molar-refractivity contribution in [3.05, 3.63) is 83.3 Å². The van der Waals surface area contributed by atoms with Crippen LogP contribution in [-0.2, 0) is 14.6 Å². The fourth-order valence-corrected chi connectivity index (χ4v) is 3.71. The number of carbonyl (C=O) groups is 1. The molecule has 1 unspecified atom stereocenters. The van der Waals surface area contributed by atoms with Gasteiger partial charge >= 0.3 is 5.97 Å². The van der Waals surface area contributed by atoms with Gasteiger partial charge < -0.3 is 15.6 Å². The van der Waals surface area contributed by atoms with E-state index in [0.717, 1.165) is 16.4 Å². The zero-order chi connectivity index (χ0) is 20.1. The summed E-state index contributed by atoms with van der Waals surface area (Å²) in [5.41, 5.74) is 7.21. The maximum Gasteiger partial charge on any atom is 0.341 e. The van der Waals surface area contributed by atoms with Crippen molar-refractivity contribution in [3.63, 3.8) is 0 Å². The first-order chi connectivity index (χ1) is 13.3. The number of carboxylic acid groups (broad SMARTS) is 1. The van der Waals surface area contributed by atoms with Gasteiger partial charge in [-0.1, -0.05) is 48.5 Å². The lowest BCUT2D eigenvalue weighted by atomic mass is 10.1. The minimum atomic E-state index is -3.72. The highest BCUT2D eigenvalue weighted by Gasteiger charge is 2.20. The maximum atomic E-state index is 12.6. The number of hydrogen-bond donors (Lipinski definition) is 2. The topological polar surface area (TPSA) is 107 Å². The van der Waals surface area contributed by atoms with E-state index in [4.69, 9.17) is 15.6 Å². The molecule has 0 spiro atoms. The van der Waals surface area contributed by atoms with E-state index in [1.807, 2.05) is 18.2 Å². The summed E-state index contributed by atoms with van der Waals surface area (Å²) < 4.78 is 30.3. The summed E-state index contributed by atoms with van der Waals surface area (Å²) in [6.07, 6.45) is 1.51. The van der Waals surface area contributed by atoms with E-state index >= 15 is 0 Å².